The quantitative estimate of drug-likeness (QED) is 0.168. The van der Waals surface area contributed by atoms with Crippen LogP contribution in [0.5, 0.6) is 0 Å². The van der Waals surface area contributed by atoms with Crippen LogP contribution in [0.25, 0.3) is 0 Å². The van der Waals surface area contributed by atoms with Crippen LogP contribution in [-0.2, 0) is 33.6 Å². The van der Waals surface area contributed by atoms with Crippen molar-refractivity contribution in [2.24, 2.45) is 11.5 Å². The van der Waals surface area contributed by atoms with Crippen LogP contribution in [0.4, 0.5) is 18.9 Å². The first kappa shape index (κ1) is 40.3. The van der Waals surface area contributed by atoms with Crippen molar-refractivity contribution in [1.82, 2.24) is 25.8 Å². The first-order valence-electron chi connectivity index (χ1n) is 17.7. The molecule has 53 heavy (non-hydrogen) atoms. The van der Waals surface area contributed by atoms with Crippen LogP contribution in [-0.4, -0.2) is 72.4 Å². The Kier molecular flexibility index (Phi) is 14.0. The molecule has 0 bridgehead atoms. The van der Waals surface area contributed by atoms with Gasteiger partial charge in [-0.25, -0.2) is 4.98 Å². The number of amides is 3. The molecule has 4 unspecified atom stereocenters. The van der Waals surface area contributed by atoms with Crippen LogP contribution in [0.15, 0.2) is 64.6 Å². The Morgan fingerprint density at radius 1 is 0.925 bits per heavy atom. The van der Waals surface area contributed by atoms with Gasteiger partial charge in [-0.1, -0.05) is 47.6 Å². The molecule has 0 fully saturated rings. The molecule has 2 aliphatic rings. The number of unbranched alkanes of at least 4 members (excludes halogenated alkanes) is 1. The molecule has 0 spiro atoms. The average Bonchev–Trinajstić information content (AvgIpc) is 3.55. The van der Waals surface area contributed by atoms with Gasteiger partial charge in [-0.15, -0.1) is 0 Å². The molecule has 0 saturated carbocycles. The average molecular weight is 775 g/mol. The number of aromatic nitrogens is 1. The number of fused-ring (bicyclic) bond motifs is 3. The molecule has 5 rings (SSSR count). The number of rotatable bonds is 9. The van der Waals surface area contributed by atoms with Crippen molar-refractivity contribution in [3.8, 4) is 0 Å². The highest BCUT2D eigenvalue weighted by atomic mass is 35.5. The van der Waals surface area contributed by atoms with Crippen molar-refractivity contribution in [2.75, 3.05) is 32.0 Å². The minimum Gasteiger partial charge on any atom is -0.384 e. The number of nitrogens with one attached hydrogen (secondary N) is 4. The molecule has 2 aliphatic heterocycles. The van der Waals surface area contributed by atoms with Gasteiger partial charge in [0.25, 0.3) is 0 Å². The number of likely N-dealkylation sites (N-methyl/N-ethyl adjacent to an activating group) is 1. The summed E-state index contributed by atoms with van der Waals surface area (Å²) in [5.74, 6) is -1.75. The summed E-state index contributed by atoms with van der Waals surface area (Å²) in [4.78, 5) is 48.5. The zero-order chi connectivity index (χ0) is 38.1. The molecule has 3 aromatic rings. The lowest BCUT2D eigenvalue weighted by Gasteiger charge is -2.33. The lowest BCUT2D eigenvalue weighted by molar-refractivity contribution is -0.142. The van der Waals surface area contributed by atoms with Crippen molar-refractivity contribution in [3.63, 3.8) is 0 Å². The monoisotopic (exact) mass is 774 g/mol. The van der Waals surface area contributed by atoms with E-state index in [0.717, 1.165) is 29.1 Å². The van der Waals surface area contributed by atoms with Crippen LogP contribution < -0.4 is 32.7 Å². The topological polar surface area (TPSA) is 168 Å². The fourth-order valence-corrected chi connectivity index (χ4v) is 8.11. The zero-order valence-corrected chi connectivity index (χ0v) is 31.1. The maximum Gasteiger partial charge on any atom is 0.416 e. The number of benzene rings is 2. The van der Waals surface area contributed by atoms with Gasteiger partial charge in [0, 0.05) is 49.4 Å². The minimum absolute atomic E-state index is 0.0488. The Balaban J connectivity index is 1.60. The number of hydrogen-bond acceptors (Lipinski definition) is 9. The summed E-state index contributed by atoms with van der Waals surface area (Å²) in [6.07, 6.45) is -0.808. The van der Waals surface area contributed by atoms with Gasteiger partial charge in [0.05, 0.1) is 16.6 Å². The van der Waals surface area contributed by atoms with Crippen LogP contribution in [0.2, 0.25) is 5.02 Å². The first-order valence-corrected chi connectivity index (χ1v) is 18.9. The van der Waals surface area contributed by atoms with E-state index in [1.807, 2.05) is 24.3 Å². The van der Waals surface area contributed by atoms with Gasteiger partial charge >= 0.3 is 6.18 Å². The van der Waals surface area contributed by atoms with E-state index in [0.29, 0.717) is 55.9 Å². The van der Waals surface area contributed by atoms with Crippen molar-refractivity contribution in [2.45, 2.75) is 91.8 Å². The fourth-order valence-electron chi connectivity index (χ4n) is 6.77. The smallest absolute Gasteiger partial charge is 0.384 e. The van der Waals surface area contributed by atoms with E-state index in [1.165, 1.54) is 24.2 Å². The highest BCUT2D eigenvalue weighted by molar-refractivity contribution is 7.99. The zero-order valence-electron chi connectivity index (χ0n) is 29.5. The van der Waals surface area contributed by atoms with Crippen LogP contribution in [0, 0.1) is 0 Å². The summed E-state index contributed by atoms with van der Waals surface area (Å²) >= 11 is 7.56. The molecular weight excluding hydrogens is 729 g/mol. The minimum atomic E-state index is -4.77. The van der Waals surface area contributed by atoms with Crippen LogP contribution in [0.1, 0.15) is 66.7 Å². The highest BCUT2D eigenvalue weighted by Crippen LogP contribution is 2.43. The van der Waals surface area contributed by atoms with Crippen molar-refractivity contribution < 1.29 is 27.6 Å². The van der Waals surface area contributed by atoms with Gasteiger partial charge < -0.3 is 37.6 Å². The van der Waals surface area contributed by atoms with Crippen molar-refractivity contribution >= 4 is 46.8 Å². The molecule has 2 aromatic carbocycles. The van der Waals surface area contributed by atoms with Gasteiger partial charge in [0.15, 0.2) is 0 Å². The molecule has 0 aliphatic carbocycles. The van der Waals surface area contributed by atoms with Gasteiger partial charge in [-0.2, -0.15) is 13.2 Å². The second kappa shape index (κ2) is 18.4. The summed E-state index contributed by atoms with van der Waals surface area (Å²) < 4.78 is 43.7. The summed E-state index contributed by atoms with van der Waals surface area (Å²) in [6.45, 7) is 0.824. The van der Waals surface area contributed by atoms with E-state index in [2.05, 4.69) is 26.3 Å². The number of anilines is 1. The maximum absolute atomic E-state index is 14.6. The Morgan fingerprint density at radius 3 is 2.43 bits per heavy atom. The molecule has 286 valence electrons. The highest BCUT2D eigenvalue weighted by Gasteiger charge is 2.38. The van der Waals surface area contributed by atoms with Crippen molar-refractivity contribution in [3.05, 3.63) is 82.0 Å². The molecule has 16 heteroatoms. The Bertz CT molecular complexity index is 1770. The number of alkyl halides is 3. The molecule has 11 nitrogen and oxygen atoms in total. The Morgan fingerprint density at radius 2 is 1.68 bits per heavy atom. The molecule has 8 N–H and O–H groups in total. The third-order valence-electron chi connectivity index (χ3n) is 9.68. The standard InChI is InChI=1S/C37H46ClF3N8O3S/c1-49-31(18-23-20-45-28-10-3-2-9-24(23)28)34(51)47-21-25-26(37(39,40)41)13-14-27(38)32(25)53-35-22(8-7-17-44-35)19-46-29(12-6-16-43)33(50)48-30(36(49)52)11-4-5-15-42/h2-3,7-10,13-14,17,23,29-31,45-46H,4-6,11-12,15-16,18-21,42-43H2,1H3,(H,47,51)(H,48,50). The predicted molar refractivity (Wildman–Crippen MR) is 199 cm³/mol. The van der Waals surface area contributed by atoms with Crippen LogP contribution >= 0.6 is 23.4 Å². The van der Waals surface area contributed by atoms with E-state index in [-0.39, 0.29) is 40.8 Å². The number of nitrogens with two attached hydrogens (primary N) is 2. The predicted octanol–water partition coefficient (Wildman–Crippen LogP) is 4.77. The molecule has 3 heterocycles. The van der Waals surface area contributed by atoms with E-state index in [4.69, 9.17) is 23.1 Å². The Hall–Kier alpha value is -3.89. The summed E-state index contributed by atoms with van der Waals surface area (Å²) in [7, 11) is 1.49. The number of nitrogens with zero attached hydrogens (tertiary/aromatic N) is 2. The number of carbonyl (C=O) groups excluding carboxylic acids is 3. The number of para-hydroxylation sites is 1. The van der Waals surface area contributed by atoms with Gasteiger partial charge in [-0.3, -0.25) is 14.4 Å². The second-order valence-electron chi connectivity index (χ2n) is 13.3. The third-order valence-corrected chi connectivity index (χ3v) is 11.3. The molecule has 0 radical (unpaired) electrons. The summed E-state index contributed by atoms with van der Waals surface area (Å²) in [5.41, 5.74) is 12.9. The van der Waals surface area contributed by atoms with Gasteiger partial charge in [-0.05, 0) is 92.6 Å². The number of pyridine rings is 1. The normalized spacial score (nSPS) is 21.5. The molecule has 1 aromatic heterocycles. The third kappa shape index (κ3) is 10.0. The lowest BCUT2D eigenvalue weighted by Crippen LogP contribution is -2.57. The molecule has 0 saturated heterocycles. The van der Waals surface area contributed by atoms with E-state index in [9.17, 15) is 27.6 Å². The second-order valence-corrected chi connectivity index (χ2v) is 14.7. The first-order chi connectivity index (χ1) is 25.4. The van der Waals surface area contributed by atoms with Gasteiger partial charge in [0.2, 0.25) is 17.7 Å². The summed E-state index contributed by atoms with van der Waals surface area (Å²) in [6, 6.07) is 10.3. The number of carbonyl (C=O) groups is 3. The summed E-state index contributed by atoms with van der Waals surface area (Å²) in [5, 5.41) is 12.7. The van der Waals surface area contributed by atoms with Crippen LogP contribution in [0.3, 0.4) is 0 Å². The molecular formula is C37H46ClF3N8O3S. The maximum atomic E-state index is 14.6. The van der Waals surface area contributed by atoms with Gasteiger partial charge in [0.1, 0.15) is 17.1 Å². The molecule has 4 atom stereocenters. The number of halogens is 4. The van der Waals surface area contributed by atoms with E-state index < -0.39 is 54.1 Å². The Labute approximate surface area is 316 Å². The lowest BCUT2D eigenvalue weighted by atomic mass is 9.92. The number of hydrogen-bond donors (Lipinski definition) is 6. The largest absolute Gasteiger partial charge is 0.416 e. The van der Waals surface area contributed by atoms with E-state index in [1.54, 1.807) is 12.1 Å². The fraction of sp³-hybridized carbons (Fsp3) is 0.459. The van der Waals surface area contributed by atoms with Crippen molar-refractivity contribution in [1.29, 1.82) is 0 Å². The van der Waals surface area contributed by atoms with E-state index >= 15 is 0 Å². The molecule has 3 amide bonds. The SMILES string of the molecule is CN1C(=O)C(CCCCN)NC(=O)C(CCCN)NCc2cccnc2Sc2c(Cl)ccc(C(F)(F)F)c2CNC(=O)C1CC1CNc2ccccc21.